The van der Waals surface area contributed by atoms with Gasteiger partial charge in [0.15, 0.2) is 17.5 Å². The number of aliphatic imine (C=N–C) groups is 2. The van der Waals surface area contributed by atoms with Crippen molar-refractivity contribution in [2.24, 2.45) is 9.98 Å². The first-order chi connectivity index (χ1) is 27.4. The molecule has 9 nitrogen and oxygen atoms in total. The number of hydrogen-bond donors (Lipinski definition) is 0. The molecule has 0 saturated carbocycles. The van der Waals surface area contributed by atoms with Gasteiger partial charge in [-0.2, -0.15) is 5.16 Å². The Hall–Kier alpha value is -4.24. The van der Waals surface area contributed by atoms with Gasteiger partial charge in [0.2, 0.25) is 0 Å². The van der Waals surface area contributed by atoms with E-state index in [2.05, 4.69) is 32.2 Å². The third-order valence-corrected chi connectivity index (χ3v) is 10.3. The molecule has 0 aliphatic rings. The van der Waals surface area contributed by atoms with Gasteiger partial charge in [0, 0.05) is 35.6 Å². The van der Waals surface area contributed by atoms with Crippen LogP contribution in [0.3, 0.4) is 0 Å². The summed E-state index contributed by atoms with van der Waals surface area (Å²) in [4.78, 5) is 17.5. The number of para-hydroxylation sites is 2. The van der Waals surface area contributed by atoms with Gasteiger partial charge < -0.3 is 25.1 Å². The number of nitrogens with zero attached hydrogens (tertiary/aromatic N) is 5. The monoisotopic (exact) mass is 1180 g/mol. The number of halogens is 6. The van der Waals surface area contributed by atoms with E-state index in [4.69, 9.17) is 14.9 Å². The molecule has 1 radical (unpaired) electrons. The minimum atomic E-state index is -0.827. The van der Waals surface area contributed by atoms with E-state index in [0.717, 1.165) is 33.2 Å². The second kappa shape index (κ2) is 24.0. The van der Waals surface area contributed by atoms with Crippen molar-refractivity contribution in [2.75, 3.05) is 14.2 Å². The predicted molar refractivity (Wildman–Crippen MR) is 243 cm³/mol. The van der Waals surface area contributed by atoms with Crippen molar-refractivity contribution in [3.05, 3.63) is 154 Å². The third-order valence-electron chi connectivity index (χ3n) is 7.50. The Balaban J connectivity index is 0.000000231. The van der Waals surface area contributed by atoms with Crippen molar-refractivity contribution in [1.29, 1.82) is 0 Å². The maximum atomic E-state index is 12.9. The number of rotatable bonds is 6. The summed E-state index contributed by atoms with van der Waals surface area (Å²) in [6, 6.07) is 28.8. The molecule has 17 heteroatoms. The van der Waals surface area contributed by atoms with E-state index in [1.807, 2.05) is 60.7 Å². The summed E-state index contributed by atoms with van der Waals surface area (Å²) in [6.07, 6.45) is 6.56. The van der Waals surface area contributed by atoms with Crippen LogP contribution in [0.4, 0.5) is 24.5 Å². The number of benzene rings is 5. The van der Waals surface area contributed by atoms with E-state index in [1.165, 1.54) is 85.1 Å². The fourth-order valence-electron chi connectivity index (χ4n) is 4.75. The van der Waals surface area contributed by atoms with Crippen molar-refractivity contribution >= 4 is 131 Å². The molecular formula is C41H26F3FeI3N5O4S. The molecule has 7 aromatic rings. The Morgan fingerprint density at radius 1 is 0.638 bits per heavy atom. The van der Waals surface area contributed by atoms with E-state index < -0.39 is 17.5 Å². The van der Waals surface area contributed by atoms with Gasteiger partial charge in [-0.25, -0.2) is 13.2 Å². The minimum Gasteiger partial charge on any atom is -0.872 e. The van der Waals surface area contributed by atoms with Gasteiger partial charge in [0.1, 0.15) is 11.5 Å². The number of thiocarbonyl (C=S) groups is 1. The Kier molecular flexibility index (Phi) is 19.9. The summed E-state index contributed by atoms with van der Waals surface area (Å²) >= 11 is 8.23. The van der Waals surface area contributed by atoms with Crippen LogP contribution < -0.4 is 19.7 Å². The molecule has 2 aromatic heterocycles. The van der Waals surface area contributed by atoms with Gasteiger partial charge in [0.25, 0.3) is 0 Å². The van der Waals surface area contributed by atoms with E-state index in [9.17, 15) is 23.4 Å². The van der Waals surface area contributed by atoms with Crippen LogP contribution in [0.5, 0.6) is 23.0 Å². The maximum absolute atomic E-state index is 12.9. The fraction of sp³-hybridized carbons (Fsp3) is 0.0488. The summed E-state index contributed by atoms with van der Waals surface area (Å²) in [5, 5.41) is 34.1. The van der Waals surface area contributed by atoms with Crippen LogP contribution in [-0.4, -0.2) is 41.8 Å². The van der Waals surface area contributed by atoms with Gasteiger partial charge >= 0.3 is 17.1 Å². The molecule has 7 rings (SSSR count). The Morgan fingerprint density at radius 2 is 0.983 bits per heavy atom. The summed E-state index contributed by atoms with van der Waals surface area (Å²) < 4.78 is 48.5. The first-order valence-corrected chi connectivity index (χ1v) is 19.7. The van der Waals surface area contributed by atoms with Gasteiger partial charge in [-0.3, -0.25) is 20.0 Å². The normalized spacial score (nSPS) is 10.3. The van der Waals surface area contributed by atoms with E-state index in [0.29, 0.717) is 22.6 Å². The summed E-state index contributed by atoms with van der Waals surface area (Å²) in [7, 11) is 3.13. The van der Waals surface area contributed by atoms with Crippen LogP contribution in [0.1, 0.15) is 11.1 Å². The number of methoxy groups -OCH3 is 2. The molecule has 0 aliphatic carbocycles. The smallest absolute Gasteiger partial charge is 0.872 e. The van der Waals surface area contributed by atoms with Gasteiger partial charge in [-0.05, 0) is 127 Å². The van der Waals surface area contributed by atoms with E-state index in [1.54, 1.807) is 63.3 Å². The molecule has 0 bridgehead atoms. The van der Waals surface area contributed by atoms with Crippen molar-refractivity contribution < 1.29 is 49.9 Å². The topological polar surface area (TPSA) is 137 Å². The molecular weight excluding hydrogens is 1150 g/mol. The molecule has 0 aliphatic heterocycles. The van der Waals surface area contributed by atoms with Crippen LogP contribution in [0.2, 0.25) is 0 Å². The molecule has 0 spiro atoms. The molecule has 295 valence electrons. The Bertz CT molecular complexity index is 2360. The molecule has 0 atom stereocenters. The minimum absolute atomic E-state index is 0. The SMILES string of the molecule is COc1ccc([O-])c(C=Nc2cccc3cccnc23)c1.COc1ccc([O-])c(C=Nc2cccc3cccnc23)c1.Fc1c(I)c(F)c(I)c(F)c1I.[Fe+3].[N-]=C=S. The van der Waals surface area contributed by atoms with Crippen LogP contribution in [0.25, 0.3) is 27.2 Å². The predicted octanol–water partition coefficient (Wildman–Crippen LogP) is 10.7. The van der Waals surface area contributed by atoms with Gasteiger partial charge in [-0.15, -0.1) is 0 Å². The number of hydrogen-bond acceptors (Lipinski definition) is 9. The zero-order valence-corrected chi connectivity index (χ0v) is 38.3. The summed E-state index contributed by atoms with van der Waals surface area (Å²) in [6.45, 7) is 0. The number of aromatic nitrogens is 2. The van der Waals surface area contributed by atoms with Crippen LogP contribution in [0, 0.1) is 28.2 Å². The average molecular weight is 1180 g/mol. The van der Waals surface area contributed by atoms with Crippen LogP contribution in [-0.2, 0) is 17.1 Å². The number of isothiocyanates is 1. The van der Waals surface area contributed by atoms with Crippen molar-refractivity contribution in [3.63, 3.8) is 0 Å². The molecule has 0 unspecified atom stereocenters. The average Bonchev–Trinajstić information content (AvgIpc) is 3.24. The second-order valence-electron chi connectivity index (χ2n) is 11.0. The number of ether oxygens (including phenoxy) is 2. The zero-order valence-electron chi connectivity index (χ0n) is 29.9. The standard InChI is InChI=1S/2C17H14N2O2.C6F3I3.CNS.Fe/c2*1-21-14-7-8-16(20)13(10-14)11-19-15-6-2-4-12-5-3-9-18-17(12)15;7-1-4(10)2(8)6(12)3(9)5(1)11;2-1-3;/h2*2-11,20H,1H3;;;/q;;;-1;+3/p-2. The zero-order chi connectivity index (χ0) is 41.5. The maximum Gasteiger partial charge on any atom is 3.00 e. The van der Waals surface area contributed by atoms with Crippen molar-refractivity contribution in [2.45, 2.75) is 0 Å². The molecule has 0 N–H and O–H groups in total. The summed E-state index contributed by atoms with van der Waals surface area (Å²) in [5.74, 6) is -1.40. The quantitative estimate of drug-likeness (QED) is 0.0404. The fourth-order valence-corrected chi connectivity index (χ4v) is 7.92. The number of fused-ring (bicyclic) bond motifs is 2. The van der Waals surface area contributed by atoms with Crippen molar-refractivity contribution in [3.8, 4) is 23.0 Å². The first-order valence-electron chi connectivity index (χ1n) is 16.1. The number of pyridine rings is 2. The summed E-state index contributed by atoms with van der Waals surface area (Å²) in [5.41, 5.74) is 4.06. The Morgan fingerprint density at radius 3 is 1.33 bits per heavy atom. The molecule has 58 heavy (non-hydrogen) atoms. The largest absolute Gasteiger partial charge is 3.00 e. The van der Waals surface area contributed by atoms with Crippen molar-refractivity contribution in [1.82, 2.24) is 9.97 Å². The van der Waals surface area contributed by atoms with Gasteiger partial charge in [-0.1, -0.05) is 72.2 Å². The molecule has 0 fully saturated rings. The molecule has 0 amide bonds. The molecule has 5 aromatic carbocycles. The first kappa shape index (κ1) is 48.1. The molecule has 2 heterocycles. The van der Waals surface area contributed by atoms with E-state index >= 15 is 0 Å². The van der Waals surface area contributed by atoms with Crippen LogP contribution in [0.15, 0.2) is 119 Å². The Labute approximate surface area is 388 Å². The van der Waals surface area contributed by atoms with E-state index in [-0.39, 0.29) is 39.3 Å². The third kappa shape index (κ3) is 12.9. The van der Waals surface area contributed by atoms with Gasteiger partial charge in [0.05, 0.1) is 47.3 Å². The second-order valence-corrected chi connectivity index (χ2v) is 14.4. The molecule has 0 saturated heterocycles. The van der Waals surface area contributed by atoms with Crippen LogP contribution >= 0.6 is 80.0 Å².